The number of nitrogens with two attached hydrogens (primary N) is 1. The molecule has 0 fully saturated rings. The zero-order chi connectivity index (χ0) is 13.0. The Balaban J connectivity index is 3.09. The highest BCUT2D eigenvalue weighted by molar-refractivity contribution is 5.97. The fraction of sp³-hybridized carbons (Fsp3) is 0.417. The summed E-state index contributed by atoms with van der Waals surface area (Å²) in [5.74, 6) is -1.61. The molecule has 0 saturated heterocycles. The smallest absolute Gasteiger partial charge is 0.260 e. The van der Waals surface area contributed by atoms with Crippen molar-refractivity contribution < 1.29 is 14.3 Å². The summed E-state index contributed by atoms with van der Waals surface area (Å²) in [5, 5.41) is 9.54. The number of hydrogen-bond acceptors (Lipinski definition) is 3. The van der Waals surface area contributed by atoms with Crippen LogP contribution in [0.1, 0.15) is 24.2 Å². The van der Waals surface area contributed by atoms with Gasteiger partial charge in [0.05, 0.1) is 0 Å². The van der Waals surface area contributed by atoms with Crippen molar-refractivity contribution >= 4 is 5.91 Å². The van der Waals surface area contributed by atoms with Crippen molar-refractivity contribution in [3.63, 3.8) is 0 Å². The number of nitrogens with zero attached hydrogens (tertiary/aromatic N) is 1. The molecule has 0 aliphatic rings. The summed E-state index contributed by atoms with van der Waals surface area (Å²) >= 11 is 0. The van der Waals surface area contributed by atoms with Crippen LogP contribution >= 0.6 is 0 Å². The van der Waals surface area contributed by atoms with Gasteiger partial charge in [0.15, 0.2) is 0 Å². The summed E-state index contributed by atoms with van der Waals surface area (Å²) in [6.07, 6.45) is 0. The predicted molar refractivity (Wildman–Crippen MR) is 63.3 cm³/mol. The van der Waals surface area contributed by atoms with Crippen LogP contribution in [0.5, 0.6) is 5.75 Å². The molecule has 0 radical (unpaired) electrons. The van der Waals surface area contributed by atoms with E-state index in [4.69, 9.17) is 5.73 Å². The molecule has 5 heteroatoms. The summed E-state index contributed by atoms with van der Waals surface area (Å²) in [6.45, 7) is 4.24. The molecular formula is C12H17FN2O2. The van der Waals surface area contributed by atoms with E-state index in [9.17, 15) is 14.3 Å². The van der Waals surface area contributed by atoms with E-state index in [2.05, 4.69) is 0 Å². The first-order valence-electron chi connectivity index (χ1n) is 5.47. The van der Waals surface area contributed by atoms with Gasteiger partial charge in [-0.05, 0) is 26.0 Å². The van der Waals surface area contributed by atoms with Gasteiger partial charge in [0.25, 0.3) is 5.91 Å². The minimum absolute atomic E-state index is 0.106. The Labute approximate surface area is 99.8 Å². The molecule has 1 aromatic carbocycles. The number of hydrogen-bond donors (Lipinski definition) is 2. The Kier molecular flexibility index (Phi) is 4.45. The van der Waals surface area contributed by atoms with Gasteiger partial charge in [-0.25, -0.2) is 4.39 Å². The summed E-state index contributed by atoms with van der Waals surface area (Å²) in [6, 6.07) is 3.68. The molecule has 0 bridgehead atoms. The lowest BCUT2D eigenvalue weighted by Gasteiger charge is -2.26. The molecule has 0 spiro atoms. The van der Waals surface area contributed by atoms with E-state index >= 15 is 0 Å². The number of carbonyl (C=O) groups is 1. The zero-order valence-corrected chi connectivity index (χ0v) is 9.98. The monoisotopic (exact) mass is 240 g/mol. The molecule has 94 valence electrons. The molecule has 4 nitrogen and oxygen atoms in total. The van der Waals surface area contributed by atoms with E-state index < -0.39 is 11.7 Å². The largest absolute Gasteiger partial charge is 0.507 e. The van der Waals surface area contributed by atoms with E-state index in [1.807, 2.05) is 13.8 Å². The van der Waals surface area contributed by atoms with Crippen molar-refractivity contribution in [3.8, 4) is 5.75 Å². The molecule has 1 amide bonds. The molecule has 0 atom stereocenters. The van der Waals surface area contributed by atoms with Crippen LogP contribution in [-0.4, -0.2) is 35.0 Å². The number of phenols is 1. The normalized spacial score (nSPS) is 10.6. The van der Waals surface area contributed by atoms with Crippen LogP contribution in [0.25, 0.3) is 0 Å². The van der Waals surface area contributed by atoms with Gasteiger partial charge >= 0.3 is 0 Å². The van der Waals surface area contributed by atoms with Gasteiger partial charge in [0.2, 0.25) is 0 Å². The Morgan fingerprint density at radius 2 is 2.18 bits per heavy atom. The average molecular weight is 240 g/mol. The van der Waals surface area contributed by atoms with Crippen LogP contribution in [-0.2, 0) is 0 Å². The lowest BCUT2D eigenvalue weighted by molar-refractivity contribution is 0.0704. The maximum absolute atomic E-state index is 13.5. The van der Waals surface area contributed by atoms with Gasteiger partial charge in [0, 0.05) is 19.1 Å². The van der Waals surface area contributed by atoms with Crippen LogP contribution < -0.4 is 5.73 Å². The molecule has 0 unspecified atom stereocenters. The first-order valence-corrected chi connectivity index (χ1v) is 5.47. The highest BCUT2D eigenvalue weighted by Gasteiger charge is 2.23. The van der Waals surface area contributed by atoms with E-state index in [-0.39, 0.29) is 17.4 Å². The Hall–Kier alpha value is -1.62. The van der Waals surface area contributed by atoms with Crippen LogP contribution in [0.4, 0.5) is 4.39 Å². The minimum atomic E-state index is -0.724. The summed E-state index contributed by atoms with van der Waals surface area (Å²) in [7, 11) is 0. The van der Waals surface area contributed by atoms with Gasteiger partial charge in [-0.1, -0.05) is 6.07 Å². The summed E-state index contributed by atoms with van der Waals surface area (Å²) in [4.78, 5) is 13.5. The van der Waals surface area contributed by atoms with Gasteiger partial charge < -0.3 is 15.7 Å². The first-order chi connectivity index (χ1) is 7.99. The number of aromatic hydroxyl groups is 1. The Morgan fingerprint density at radius 1 is 1.53 bits per heavy atom. The maximum atomic E-state index is 13.5. The lowest BCUT2D eigenvalue weighted by atomic mass is 10.1. The highest BCUT2D eigenvalue weighted by Crippen LogP contribution is 2.22. The molecule has 0 aliphatic heterocycles. The van der Waals surface area contributed by atoms with E-state index in [0.29, 0.717) is 13.1 Å². The molecule has 1 aromatic rings. The summed E-state index contributed by atoms with van der Waals surface area (Å²) < 4.78 is 13.5. The fourth-order valence-corrected chi connectivity index (χ4v) is 1.60. The number of rotatable bonds is 4. The second kappa shape index (κ2) is 5.63. The van der Waals surface area contributed by atoms with Crippen LogP contribution in [0.15, 0.2) is 18.2 Å². The second-order valence-corrected chi connectivity index (χ2v) is 4.01. The van der Waals surface area contributed by atoms with Gasteiger partial charge in [-0.15, -0.1) is 0 Å². The van der Waals surface area contributed by atoms with Gasteiger partial charge in [-0.3, -0.25) is 4.79 Å². The number of carbonyl (C=O) groups excluding carboxylic acids is 1. The molecule has 1 rings (SSSR count). The van der Waals surface area contributed by atoms with Crippen molar-refractivity contribution in [1.29, 1.82) is 0 Å². The molecule has 0 aromatic heterocycles. The highest BCUT2D eigenvalue weighted by atomic mass is 19.1. The predicted octanol–water partition coefficient (Wildman–Crippen LogP) is 1.34. The molecule has 3 N–H and O–H groups in total. The average Bonchev–Trinajstić information content (AvgIpc) is 2.24. The lowest BCUT2D eigenvalue weighted by Crippen LogP contribution is -2.40. The van der Waals surface area contributed by atoms with E-state index in [1.165, 1.54) is 17.0 Å². The van der Waals surface area contributed by atoms with Crippen molar-refractivity contribution in [2.24, 2.45) is 5.73 Å². The Bertz CT molecular complexity index is 387. The molecule has 0 heterocycles. The zero-order valence-electron chi connectivity index (χ0n) is 9.98. The number of halogens is 1. The van der Waals surface area contributed by atoms with Crippen molar-refractivity contribution in [2.45, 2.75) is 19.9 Å². The molecule has 17 heavy (non-hydrogen) atoms. The van der Waals surface area contributed by atoms with Crippen LogP contribution in [0, 0.1) is 5.82 Å². The number of phenolic OH excluding ortho intramolecular Hbond substituents is 1. The standard InChI is InChI=1S/C12H17FN2O2/c1-8(2)15(7-6-14)12(17)11-9(13)4-3-5-10(11)16/h3-5,8,16H,6-7,14H2,1-2H3. The quantitative estimate of drug-likeness (QED) is 0.834. The number of amides is 1. The fourth-order valence-electron chi connectivity index (χ4n) is 1.60. The van der Waals surface area contributed by atoms with Gasteiger partial charge in [0.1, 0.15) is 17.1 Å². The maximum Gasteiger partial charge on any atom is 0.260 e. The van der Waals surface area contributed by atoms with Crippen LogP contribution in [0.3, 0.4) is 0 Å². The third-order valence-corrected chi connectivity index (χ3v) is 2.46. The van der Waals surface area contributed by atoms with Crippen molar-refractivity contribution in [2.75, 3.05) is 13.1 Å². The second-order valence-electron chi connectivity index (χ2n) is 4.01. The molecular weight excluding hydrogens is 223 g/mol. The third kappa shape index (κ3) is 2.94. The number of benzene rings is 1. The minimum Gasteiger partial charge on any atom is -0.507 e. The van der Waals surface area contributed by atoms with Crippen molar-refractivity contribution in [1.82, 2.24) is 4.90 Å². The Morgan fingerprint density at radius 3 is 2.65 bits per heavy atom. The summed E-state index contributed by atoms with van der Waals surface area (Å²) in [5.41, 5.74) is 5.11. The molecule has 0 saturated carbocycles. The van der Waals surface area contributed by atoms with Crippen LogP contribution in [0.2, 0.25) is 0 Å². The van der Waals surface area contributed by atoms with E-state index in [0.717, 1.165) is 6.07 Å². The van der Waals surface area contributed by atoms with Gasteiger partial charge in [-0.2, -0.15) is 0 Å². The van der Waals surface area contributed by atoms with E-state index in [1.54, 1.807) is 0 Å². The first kappa shape index (κ1) is 13.4. The third-order valence-electron chi connectivity index (χ3n) is 2.46. The van der Waals surface area contributed by atoms with Crippen molar-refractivity contribution in [3.05, 3.63) is 29.6 Å². The molecule has 0 aliphatic carbocycles. The topological polar surface area (TPSA) is 66.6 Å². The SMILES string of the molecule is CC(C)N(CCN)C(=O)c1c(O)cccc1F.